The quantitative estimate of drug-likeness (QED) is 0.774. The van der Waals surface area contributed by atoms with Crippen LogP contribution in [-0.2, 0) is 15.9 Å². The van der Waals surface area contributed by atoms with Crippen LogP contribution in [0.5, 0.6) is 0 Å². The standard InChI is InChI=1S/C10H17N3O2S/c1-11-4-2-3-9-12-13-10(16-9)8-7-14-5-6-15-8/h8,11H,2-7H2,1H3. The SMILES string of the molecule is CNCCCc1nnc(C2COCCO2)s1. The van der Waals surface area contributed by atoms with Crippen molar-refractivity contribution in [1.29, 1.82) is 0 Å². The number of aryl methyl sites for hydroxylation is 1. The predicted molar refractivity (Wildman–Crippen MR) is 61.7 cm³/mol. The number of nitrogens with one attached hydrogen (secondary N) is 1. The maximum Gasteiger partial charge on any atom is 0.148 e. The first-order valence-electron chi connectivity index (χ1n) is 5.56. The van der Waals surface area contributed by atoms with Gasteiger partial charge in [0.25, 0.3) is 0 Å². The minimum atomic E-state index is -0.00991. The Morgan fingerprint density at radius 2 is 2.38 bits per heavy atom. The van der Waals surface area contributed by atoms with Crippen LogP contribution in [0.1, 0.15) is 22.5 Å². The van der Waals surface area contributed by atoms with E-state index in [1.54, 1.807) is 11.3 Å². The van der Waals surface area contributed by atoms with Crippen LogP contribution < -0.4 is 5.32 Å². The Labute approximate surface area is 99.2 Å². The molecule has 0 bridgehead atoms. The second-order valence-corrected chi connectivity index (χ2v) is 4.77. The fourth-order valence-electron chi connectivity index (χ4n) is 1.54. The number of ether oxygens (including phenoxy) is 2. The molecule has 1 N–H and O–H groups in total. The van der Waals surface area contributed by atoms with E-state index in [1.807, 2.05) is 7.05 Å². The monoisotopic (exact) mass is 243 g/mol. The first kappa shape index (κ1) is 11.9. The molecule has 0 aliphatic carbocycles. The summed E-state index contributed by atoms with van der Waals surface area (Å²) in [6.07, 6.45) is 2.06. The van der Waals surface area contributed by atoms with Crippen molar-refractivity contribution in [1.82, 2.24) is 15.5 Å². The highest BCUT2D eigenvalue weighted by Crippen LogP contribution is 2.24. The largest absolute Gasteiger partial charge is 0.376 e. The van der Waals surface area contributed by atoms with Gasteiger partial charge in [0.05, 0.1) is 19.8 Å². The Morgan fingerprint density at radius 1 is 1.44 bits per heavy atom. The summed E-state index contributed by atoms with van der Waals surface area (Å²) in [5, 5.41) is 13.5. The van der Waals surface area contributed by atoms with E-state index in [0.717, 1.165) is 29.4 Å². The smallest absolute Gasteiger partial charge is 0.148 e. The fraction of sp³-hybridized carbons (Fsp3) is 0.800. The number of nitrogens with zero attached hydrogens (tertiary/aromatic N) is 2. The molecule has 1 aliphatic rings. The number of hydrogen-bond donors (Lipinski definition) is 1. The van der Waals surface area contributed by atoms with Crippen LogP contribution in [-0.4, -0.2) is 43.6 Å². The highest BCUT2D eigenvalue weighted by molar-refractivity contribution is 7.11. The molecule has 6 heteroatoms. The van der Waals surface area contributed by atoms with Crippen molar-refractivity contribution in [2.24, 2.45) is 0 Å². The lowest BCUT2D eigenvalue weighted by Gasteiger charge is -2.20. The molecule has 1 aliphatic heterocycles. The van der Waals surface area contributed by atoms with Crippen molar-refractivity contribution >= 4 is 11.3 Å². The van der Waals surface area contributed by atoms with Gasteiger partial charge in [0.2, 0.25) is 0 Å². The van der Waals surface area contributed by atoms with Crippen molar-refractivity contribution < 1.29 is 9.47 Å². The molecule has 1 unspecified atom stereocenters. The molecule has 1 fully saturated rings. The normalized spacial score (nSPS) is 21.2. The minimum absolute atomic E-state index is 0.00991. The zero-order chi connectivity index (χ0) is 11.2. The third-order valence-electron chi connectivity index (χ3n) is 2.39. The summed E-state index contributed by atoms with van der Waals surface area (Å²) in [5.74, 6) is 0. The second-order valence-electron chi connectivity index (χ2n) is 3.68. The van der Waals surface area contributed by atoms with Crippen LogP contribution in [0.15, 0.2) is 0 Å². The van der Waals surface area contributed by atoms with Crippen molar-refractivity contribution in [3.05, 3.63) is 10.0 Å². The molecule has 2 rings (SSSR count). The molecule has 1 saturated heterocycles. The highest BCUT2D eigenvalue weighted by Gasteiger charge is 2.20. The van der Waals surface area contributed by atoms with Crippen molar-refractivity contribution in [2.75, 3.05) is 33.4 Å². The van der Waals surface area contributed by atoms with Gasteiger partial charge in [-0.05, 0) is 20.0 Å². The molecular weight excluding hydrogens is 226 g/mol. The third kappa shape index (κ3) is 3.21. The van der Waals surface area contributed by atoms with E-state index in [4.69, 9.17) is 9.47 Å². The maximum absolute atomic E-state index is 5.57. The van der Waals surface area contributed by atoms with Gasteiger partial charge in [-0.25, -0.2) is 0 Å². The number of aromatic nitrogens is 2. The van der Waals surface area contributed by atoms with Gasteiger partial charge in [-0.15, -0.1) is 10.2 Å². The average molecular weight is 243 g/mol. The zero-order valence-corrected chi connectivity index (χ0v) is 10.3. The summed E-state index contributed by atoms with van der Waals surface area (Å²) >= 11 is 1.63. The van der Waals surface area contributed by atoms with Gasteiger partial charge in [0.15, 0.2) is 0 Å². The highest BCUT2D eigenvalue weighted by atomic mass is 32.1. The topological polar surface area (TPSA) is 56.3 Å². The lowest BCUT2D eigenvalue weighted by molar-refractivity contribution is -0.0903. The first-order chi connectivity index (χ1) is 7.90. The zero-order valence-electron chi connectivity index (χ0n) is 9.44. The van der Waals surface area contributed by atoms with Crippen LogP contribution in [0.2, 0.25) is 0 Å². The van der Waals surface area contributed by atoms with Gasteiger partial charge >= 0.3 is 0 Å². The van der Waals surface area contributed by atoms with E-state index < -0.39 is 0 Å². The summed E-state index contributed by atoms with van der Waals surface area (Å²) in [4.78, 5) is 0. The van der Waals surface area contributed by atoms with E-state index in [9.17, 15) is 0 Å². The second kappa shape index (κ2) is 6.24. The van der Waals surface area contributed by atoms with Crippen LogP contribution in [0.25, 0.3) is 0 Å². The lowest BCUT2D eigenvalue weighted by atomic mass is 10.3. The summed E-state index contributed by atoms with van der Waals surface area (Å²) in [7, 11) is 1.96. The van der Waals surface area contributed by atoms with Gasteiger partial charge in [-0.2, -0.15) is 0 Å². The Bertz CT molecular complexity index is 313. The van der Waals surface area contributed by atoms with Gasteiger partial charge < -0.3 is 14.8 Å². The molecule has 5 nitrogen and oxygen atoms in total. The Kier molecular flexibility index (Phi) is 4.65. The molecule has 0 amide bonds. The molecule has 1 aromatic heterocycles. The average Bonchev–Trinajstić information content (AvgIpc) is 2.79. The van der Waals surface area contributed by atoms with Gasteiger partial charge in [0.1, 0.15) is 16.1 Å². The molecule has 0 aromatic carbocycles. The van der Waals surface area contributed by atoms with Gasteiger partial charge in [-0.3, -0.25) is 0 Å². The summed E-state index contributed by atoms with van der Waals surface area (Å²) in [5.41, 5.74) is 0. The molecule has 1 aromatic rings. The predicted octanol–water partition coefficient (Wildman–Crippen LogP) is 0.778. The van der Waals surface area contributed by atoms with Crippen molar-refractivity contribution in [2.45, 2.75) is 18.9 Å². The molecule has 0 radical (unpaired) electrons. The van der Waals surface area contributed by atoms with E-state index in [-0.39, 0.29) is 6.10 Å². The van der Waals surface area contributed by atoms with Crippen LogP contribution >= 0.6 is 11.3 Å². The molecule has 0 saturated carbocycles. The van der Waals surface area contributed by atoms with Crippen LogP contribution in [0, 0.1) is 0 Å². The van der Waals surface area contributed by atoms with E-state index in [0.29, 0.717) is 19.8 Å². The molecular formula is C10H17N3O2S. The van der Waals surface area contributed by atoms with E-state index >= 15 is 0 Å². The molecule has 1 atom stereocenters. The first-order valence-corrected chi connectivity index (χ1v) is 6.38. The van der Waals surface area contributed by atoms with Crippen molar-refractivity contribution in [3.63, 3.8) is 0 Å². The van der Waals surface area contributed by atoms with E-state index in [1.165, 1.54) is 0 Å². The maximum atomic E-state index is 5.57. The van der Waals surface area contributed by atoms with Crippen molar-refractivity contribution in [3.8, 4) is 0 Å². The van der Waals surface area contributed by atoms with Crippen LogP contribution in [0.3, 0.4) is 0 Å². The molecule has 0 spiro atoms. The summed E-state index contributed by atoms with van der Waals surface area (Å²) in [6, 6.07) is 0. The minimum Gasteiger partial charge on any atom is -0.376 e. The molecule has 2 heterocycles. The van der Waals surface area contributed by atoms with Crippen LogP contribution in [0.4, 0.5) is 0 Å². The summed E-state index contributed by atoms with van der Waals surface area (Å²) < 4.78 is 10.9. The Morgan fingerprint density at radius 3 is 3.12 bits per heavy atom. The fourth-order valence-corrected chi connectivity index (χ4v) is 2.46. The summed E-state index contributed by atoms with van der Waals surface area (Å²) in [6.45, 7) is 2.95. The van der Waals surface area contributed by atoms with E-state index in [2.05, 4.69) is 15.5 Å². The Balaban J connectivity index is 1.85. The number of rotatable bonds is 5. The molecule has 16 heavy (non-hydrogen) atoms. The van der Waals surface area contributed by atoms with Gasteiger partial charge in [-0.1, -0.05) is 11.3 Å². The number of hydrogen-bond acceptors (Lipinski definition) is 6. The Hall–Kier alpha value is -0.560. The van der Waals surface area contributed by atoms with Gasteiger partial charge in [0, 0.05) is 6.42 Å². The lowest BCUT2D eigenvalue weighted by Crippen LogP contribution is -2.21. The molecule has 90 valence electrons. The third-order valence-corrected chi connectivity index (χ3v) is 3.47.